The van der Waals surface area contributed by atoms with Crippen LogP contribution in [0.4, 0.5) is 16.2 Å². The summed E-state index contributed by atoms with van der Waals surface area (Å²) in [6.07, 6.45) is 0. The average Bonchev–Trinajstić information content (AvgIpc) is 2.53. The summed E-state index contributed by atoms with van der Waals surface area (Å²) in [6, 6.07) is 3.26. The second kappa shape index (κ2) is 7.20. The molecular weight excluding hydrogens is 328 g/mol. The Hall–Kier alpha value is -3.10. The van der Waals surface area contributed by atoms with E-state index in [4.69, 9.17) is 4.74 Å². The van der Waals surface area contributed by atoms with Crippen molar-refractivity contribution in [3.05, 3.63) is 45.1 Å². The normalized spacial score (nSPS) is 16.8. The molecule has 9 nitrogen and oxygen atoms in total. The lowest BCUT2D eigenvalue weighted by Gasteiger charge is -2.28. The molecule has 2 amide bonds. The molecular formula is C16H20N4O5. The minimum absolute atomic E-state index is 0.115. The molecule has 1 atom stereocenters. The first-order valence-corrected chi connectivity index (χ1v) is 7.67. The number of carbonyl (C=O) groups excluding carboxylic acids is 2. The maximum atomic E-state index is 12.3. The van der Waals surface area contributed by atoms with Gasteiger partial charge in [-0.3, -0.25) is 10.1 Å². The summed E-state index contributed by atoms with van der Waals surface area (Å²) in [7, 11) is 3.39. The number of esters is 1. The first-order valence-electron chi connectivity index (χ1n) is 7.67. The van der Waals surface area contributed by atoms with E-state index in [2.05, 4.69) is 10.6 Å². The van der Waals surface area contributed by atoms with Gasteiger partial charge >= 0.3 is 12.0 Å². The minimum Gasteiger partial charge on any atom is -0.463 e. The highest BCUT2D eigenvalue weighted by Crippen LogP contribution is 2.34. The van der Waals surface area contributed by atoms with E-state index in [0.29, 0.717) is 16.9 Å². The SMILES string of the molecule is CCOC(=O)C1=C(C)NC(=O)N[C@H]1c1ccc(N(C)C)c([N+](=O)[O-])c1. The topological polar surface area (TPSA) is 114 Å². The quantitative estimate of drug-likeness (QED) is 0.477. The summed E-state index contributed by atoms with van der Waals surface area (Å²) in [5, 5.41) is 16.5. The first kappa shape index (κ1) is 18.2. The standard InChI is InChI=1S/C16H20N4O5/c1-5-25-15(21)13-9(2)17-16(22)18-14(13)10-6-7-11(19(3)4)12(8-10)20(23)24/h6-8,14H,5H2,1-4H3,(H2,17,18,22)/t14-/m0/s1. The van der Waals surface area contributed by atoms with Crippen LogP contribution in [0.2, 0.25) is 0 Å². The van der Waals surface area contributed by atoms with Gasteiger partial charge in [0.25, 0.3) is 5.69 Å². The van der Waals surface area contributed by atoms with Crippen molar-refractivity contribution >= 4 is 23.4 Å². The van der Waals surface area contributed by atoms with Crippen molar-refractivity contribution in [3.63, 3.8) is 0 Å². The summed E-state index contributed by atoms with van der Waals surface area (Å²) in [4.78, 5) is 36.6. The van der Waals surface area contributed by atoms with Crippen LogP contribution in [-0.2, 0) is 9.53 Å². The van der Waals surface area contributed by atoms with Crippen LogP contribution >= 0.6 is 0 Å². The highest BCUT2D eigenvalue weighted by molar-refractivity contribution is 5.95. The zero-order valence-electron chi connectivity index (χ0n) is 14.5. The van der Waals surface area contributed by atoms with Gasteiger partial charge in [0.05, 0.1) is 23.1 Å². The molecule has 0 aliphatic carbocycles. The van der Waals surface area contributed by atoms with Gasteiger partial charge in [-0.1, -0.05) is 6.07 Å². The van der Waals surface area contributed by atoms with E-state index in [1.165, 1.54) is 6.07 Å². The van der Waals surface area contributed by atoms with Crippen LogP contribution in [0.3, 0.4) is 0 Å². The Morgan fingerprint density at radius 2 is 2.08 bits per heavy atom. The average molecular weight is 348 g/mol. The second-order valence-electron chi connectivity index (χ2n) is 5.69. The maximum Gasteiger partial charge on any atom is 0.338 e. The number of nitrogens with zero attached hydrogens (tertiary/aromatic N) is 2. The molecule has 0 saturated carbocycles. The molecule has 0 unspecified atom stereocenters. The van der Waals surface area contributed by atoms with E-state index in [1.807, 2.05) is 0 Å². The molecule has 0 fully saturated rings. The van der Waals surface area contributed by atoms with Crippen LogP contribution in [0.5, 0.6) is 0 Å². The number of ether oxygens (including phenoxy) is 1. The predicted octanol–water partition coefficient (Wildman–Crippen LogP) is 1.85. The van der Waals surface area contributed by atoms with Crippen molar-refractivity contribution < 1.29 is 19.2 Å². The van der Waals surface area contributed by atoms with Gasteiger partial charge in [-0.25, -0.2) is 9.59 Å². The Labute approximate surface area is 144 Å². The zero-order chi connectivity index (χ0) is 18.7. The van der Waals surface area contributed by atoms with Crippen LogP contribution in [0, 0.1) is 10.1 Å². The van der Waals surface area contributed by atoms with Gasteiger partial charge in [-0.15, -0.1) is 0 Å². The Morgan fingerprint density at radius 1 is 1.40 bits per heavy atom. The van der Waals surface area contributed by atoms with Crippen molar-refractivity contribution in [3.8, 4) is 0 Å². The number of hydrogen-bond donors (Lipinski definition) is 2. The molecule has 0 spiro atoms. The molecule has 1 aliphatic rings. The van der Waals surface area contributed by atoms with E-state index in [-0.39, 0.29) is 17.9 Å². The number of amides is 2. The lowest BCUT2D eigenvalue weighted by atomic mass is 9.95. The van der Waals surface area contributed by atoms with Gasteiger partial charge < -0.3 is 20.3 Å². The minimum atomic E-state index is -0.831. The molecule has 1 aromatic rings. The van der Waals surface area contributed by atoms with Crippen molar-refractivity contribution in [2.45, 2.75) is 19.9 Å². The Bertz CT molecular complexity index is 757. The number of rotatable bonds is 5. The summed E-state index contributed by atoms with van der Waals surface area (Å²) < 4.78 is 5.05. The Kier molecular flexibility index (Phi) is 5.26. The fraction of sp³-hybridized carbons (Fsp3) is 0.375. The number of urea groups is 1. The third kappa shape index (κ3) is 3.70. The third-order valence-electron chi connectivity index (χ3n) is 3.78. The second-order valence-corrected chi connectivity index (χ2v) is 5.69. The van der Waals surface area contributed by atoms with Gasteiger partial charge in [-0.2, -0.15) is 0 Å². The number of nitrogens with one attached hydrogen (secondary N) is 2. The maximum absolute atomic E-state index is 12.3. The van der Waals surface area contributed by atoms with Crippen LogP contribution in [0.1, 0.15) is 25.5 Å². The van der Waals surface area contributed by atoms with Crippen LogP contribution in [0.15, 0.2) is 29.5 Å². The number of nitro benzene ring substituents is 1. The van der Waals surface area contributed by atoms with Crippen molar-refractivity contribution in [2.24, 2.45) is 0 Å². The molecule has 0 bridgehead atoms. The van der Waals surface area contributed by atoms with E-state index in [9.17, 15) is 19.7 Å². The lowest BCUT2D eigenvalue weighted by molar-refractivity contribution is -0.384. The molecule has 1 heterocycles. The predicted molar refractivity (Wildman–Crippen MR) is 91.2 cm³/mol. The number of anilines is 1. The highest BCUT2D eigenvalue weighted by Gasteiger charge is 2.33. The number of benzene rings is 1. The van der Waals surface area contributed by atoms with Crippen LogP contribution in [0.25, 0.3) is 0 Å². The van der Waals surface area contributed by atoms with Gasteiger partial charge in [0.2, 0.25) is 0 Å². The smallest absolute Gasteiger partial charge is 0.338 e. The molecule has 0 saturated heterocycles. The molecule has 1 aliphatic heterocycles. The van der Waals surface area contributed by atoms with E-state index >= 15 is 0 Å². The van der Waals surface area contributed by atoms with E-state index in [0.717, 1.165) is 0 Å². The monoisotopic (exact) mass is 348 g/mol. The molecule has 25 heavy (non-hydrogen) atoms. The molecule has 0 radical (unpaired) electrons. The van der Waals surface area contributed by atoms with Crippen molar-refractivity contribution in [1.29, 1.82) is 0 Å². The third-order valence-corrected chi connectivity index (χ3v) is 3.78. The Balaban J connectivity index is 2.55. The molecule has 2 N–H and O–H groups in total. The lowest BCUT2D eigenvalue weighted by Crippen LogP contribution is -2.45. The van der Waals surface area contributed by atoms with Crippen molar-refractivity contribution in [1.82, 2.24) is 10.6 Å². The number of carbonyl (C=O) groups is 2. The highest BCUT2D eigenvalue weighted by atomic mass is 16.6. The molecule has 0 aromatic heterocycles. The summed E-state index contributed by atoms with van der Waals surface area (Å²) in [5.41, 5.74) is 1.30. The molecule has 9 heteroatoms. The van der Waals surface area contributed by atoms with E-state index in [1.54, 1.807) is 45.0 Å². The molecule has 134 valence electrons. The van der Waals surface area contributed by atoms with Gasteiger partial charge in [0.1, 0.15) is 5.69 Å². The van der Waals surface area contributed by atoms with Crippen molar-refractivity contribution in [2.75, 3.05) is 25.6 Å². The first-order chi connectivity index (χ1) is 11.8. The van der Waals surface area contributed by atoms with Gasteiger partial charge in [-0.05, 0) is 25.5 Å². The fourth-order valence-corrected chi connectivity index (χ4v) is 2.67. The van der Waals surface area contributed by atoms with E-state index < -0.39 is 23.0 Å². The van der Waals surface area contributed by atoms with Crippen LogP contribution in [-0.4, -0.2) is 37.6 Å². The largest absolute Gasteiger partial charge is 0.463 e. The number of allylic oxidation sites excluding steroid dienone is 1. The number of nitro groups is 1. The molecule has 1 aromatic carbocycles. The number of hydrogen-bond acceptors (Lipinski definition) is 6. The summed E-state index contributed by atoms with van der Waals surface area (Å²) in [5.74, 6) is -0.586. The zero-order valence-corrected chi connectivity index (χ0v) is 14.5. The fourth-order valence-electron chi connectivity index (χ4n) is 2.67. The van der Waals surface area contributed by atoms with Crippen LogP contribution < -0.4 is 15.5 Å². The summed E-state index contributed by atoms with van der Waals surface area (Å²) >= 11 is 0. The van der Waals surface area contributed by atoms with Gasteiger partial charge in [0, 0.05) is 25.9 Å². The Morgan fingerprint density at radius 3 is 2.64 bits per heavy atom. The summed E-state index contributed by atoms with van der Waals surface area (Å²) in [6.45, 7) is 3.44. The van der Waals surface area contributed by atoms with Gasteiger partial charge in [0.15, 0.2) is 0 Å². The molecule has 2 rings (SSSR count).